The Kier molecular flexibility index (Phi) is 5.40. The highest BCUT2D eigenvalue weighted by atomic mass is 79.9. The standard InChI is InChI=1S/C19H15BrFNO3/c20-10-16(23)15-11-25-18(12-6-8-13(21)9-7-12)17(15)19(24)22-14-4-2-1-3-5-14/h1-9,18H,10-11H2,(H,22,24). The van der Waals surface area contributed by atoms with Gasteiger partial charge in [0.15, 0.2) is 5.78 Å². The molecule has 128 valence electrons. The van der Waals surface area contributed by atoms with Crippen LogP contribution in [0.1, 0.15) is 11.7 Å². The maximum atomic E-state index is 13.2. The third-order valence-corrected chi connectivity index (χ3v) is 4.40. The fraction of sp³-hybridized carbons (Fsp3) is 0.158. The van der Waals surface area contributed by atoms with Crippen LogP contribution in [0.2, 0.25) is 0 Å². The third kappa shape index (κ3) is 3.86. The summed E-state index contributed by atoms with van der Waals surface area (Å²) in [6.45, 7) is 0.0457. The molecule has 6 heteroatoms. The predicted molar refractivity (Wildman–Crippen MR) is 96.0 cm³/mol. The second kappa shape index (κ2) is 7.72. The molecule has 0 saturated heterocycles. The summed E-state index contributed by atoms with van der Waals surface area (Å²) < 4.78 is 18.9. The first kappa shape index (κ1) is 17.5. The van der Waals surface area contributed by atoms with E-state index in [0.717, 1.165) is 0 Å². The number of benzene rings is 2. The van der Waals surface area contributed by atoms with E-state index >= 15 is 0 Å². The molecule has 1 aliphatic rings. The highest BCUT2D eigenvalue weighted by Crippen LogP contribution is 2.35. The van der Waals surface area contributed by atoms with Gasteiger partial charge in [0.1, 0.15) is 11.9 Å². The number of Topliss-reactive ketones (excluding diaryl/α,β-unsaturated/α-hetero) is 1. The van der Waals surface area contributed by atoms with Crippen molar-refractivity contribution < 1.29 is 18.7 Å². The summed E-state index contributed by atoms with van der Waals surface area (Å²) in [6, 6.07) is 14.7. The summed E-state index contributed by atoms with van der Waals surface area (Å²) in [4.78, 5) is 25.0. The third-order valence-electron chi connectivity index (χ3n) is 3.89. The van der Waals surface area contributed by atoms with Gasteiger partial charge in [-0.1, -0.05) is 46.3 Å². The topological polar surface area (TPSA) is 55.4 Å². The quantitative estimate of drug-likeness (QED) is 0.772. The number of ether oxygens (including phenoxy) is 1. The van der Waals surface area contributed by atoms with Crippen LogP contribution < -0.4 is 5.32 Å². The van der Waals surface area contributed by atoms with E-state index in [-0.39, 0.29) is 29.1 Å². The molecule has 0 aromatic heterocycles. The van der Waals surface area contributed by atoms with Gasteiger partial charge in [0, 0.05) is 11.3 Å². The lowest BCUT2D eigenvalue weighted by molar-refractivity contribution is -0.115. The van der Waals surface area contributed by atoms with Gasteiger partial charge in [0.25, 0.3) is 5.91 Å². The highest BCUT2D eigenvalue weighted by Gasteiger charge is 2.35. The normalized spacial score (nSPS) is 16.8. The van der Waals surface area contributed by atoms with Crippen molar-refractivity contribution in [2.75, 3.05) is 17.3 Å². The molecule has 25 heavy (non-hydrogen) atoms. The van der Waals surface area contributed by atoms with Crippen LogP contribution in [-0.2, 0) is 14.3 Å². The maximum absolute atomic E-state index is 13.2. The number of halogens is 2. The number of anilines is 1. The van der Waals surface area contributed by atoms with Gasteiger partial charge in [-0.3, -0.25) is 9.59 Å². The Morgan fingerprint density at radius 1 is 1.12 bits per heavy atom. The highest BCUT2D eigenvalue weighted by molar-refractivity contribution is 9.09. The van der Waals surface area contributed by atoms with Crippen molar-refractivity contribution in [1.82, 2.24) is 0 Å². The smallest absolute Gasteiger partial charge is 0.255 e. The first-order valence-corrected chi connectivity index (χ1v) is 8.78. The zero-order valence-corrected chi connectivity index (χ0v) is 14.8. The van der Waals surface area contributed by atoms with E-state index in [9.17, 15) is 14.0 Å². The van der Waals surface area contributed by atoms with Crippen molar-refractivity contribution in [2.24, 2.45) is 0 Å². The monoisotopic (exact) mass is 403 g/mol. The molecule has 1 heterocycles. The van der Waals surface area contributed by atoms with E-state index in [4.69, 9.17) is 4.74 Å². The molecule has 1 amide bonds. The minimum absolute atomic E-state index is 0.0457. The molecule has 1 aliphatic heterocycles. The van der Waals surface area contributed by atoms with Crippen molar-refractivity contribution in [3.8, 4) is 0 Å². The summed E-state index contributed by atoms with van der Waals surface area (Å²) >= 11 is 3.13. The van der Waals surface area contributed by atoms with E-state index in [2.05, 4.69) is 21.2 Å². The molecular weight excluding hydrogens is 389 g/mol. The van der Waals surface area contributed by atoms with Crippen LogP contribution in [0.5, 0.6) is 0 Å². The average molecular weight is 404 g/mol. The van der Waals surface area contributed by atoms with Crippen LogP contribution in [0, 0.1) is 5.82 Å². The van der Waals surface area contributed by atoms with Crippen LogP contribution in [0.3, 0.4) is 0 Å². The number of rotatable bonds is 5. The van der Waals surface area contributed by atoms with E-state index in [0.29, 0.717) is 16.8 Å². The van der Waals surface area contributed by atoms with Gasteiger partial charge in [0.05, 0.1) is 17.5 Å². The molecule has 4 nitrogen and oxygen atoms in total. The number of alkyl halides is 1. The minimum atomic E-state index is -0.706. The lowest BCUT2D eigenvalue weighted by atomic mass is 9.97. The SMILES string of the molecule is O=C(CBr)C1=C(C(=O)Nc2ccccc2)C(c2ccc(F)cc2)OC1. The number of nitrogens with one attached hydrogen (secondary N) is 1. The Balaban J connectivity index is 1.96. The molecule has 0 radical (unpaired) electrons. The lowest BCUT2D eigenvalue weighted by Gasteiger charge is -2.15. The van der Waals surface area contributed by atoms with E-state index in [1.807, 2.05) is 6.07 Å². The predicted octanol–water partition coefficient (Wildman–Crippen LogP) is 3.80. The summed E-state index contributed by atoms with van der Waals surface area (Å²) in [5.74, 6) is -0.983. The van der Waals surface area contributed by atoms with Crippen LogP contribution in [-0.4, -0.2) is 23.6 Å². The number of hydrogen-bond acceptors (Lipinski definition) is 3. The van der Waals surface area contributed by atoms with Gasteiger partial charge >= 0.3 is 0 Å². The number of amides is 1. The number of para-hydroxylation sites is 1. The molecule has 2 aromatic rings. The molecule has 0 aliphatic carbocycles. The average Bonchev–Trinajstić information content (AvgIpc) is 3.07. The molecule has 0 saturated carbocycles. The fourth-order valence-electron chi connectivity index (χ4n) is 2.67. The number of hydrogen-bond donors (Lipinski definition) is 1. The van der Waals surface area contributed by atoms with Crippen LogP contribution in [0.15, 0.2) is 65.7 Å². The fourth-order valence-corrected chi connectivity index (χ4v) is 3.01. The van der Waals surface area contributed by atoms with Crippen molar-refractivity contribution in [3.63, 3.8) is 0 Å². The Hall–Kier alpha value is -2.31. The molecule has 0 fully saturated rings. The Labute approximate surface area is 152 Å². The van der Waals surface area contributed by atoms with E-state index in [1.54, 1.807) is 36.4 Å². The second-order valence-corrected chi connectivity index (χ2v) is 6.07. The van der Waals surface area contributed by atoms with Gasteiger partial charge in [-0.25, -0.2) is 4.39 Å². The summed E-state index contributed by atoms with van der Waals surface area (Å²) in [7, 11) is 0. The largest absolute Gasteiger partial charge is 0.364 e. The van der Waals surface area contributed by atoms with Gasteiger partial charge in [-0.15, -0.1) is 0 Å². The van der Waals surface area contributed by atoms with E-state index < -0.39 is 12.0 Å². The molecule has 1 N–H and O–H groups in total. The molecule has 0 spiro atoms. The molecule has 0 bridgehead atoms. The van der Waals surface area contributed by atoms with Crippen LogP contribution >= 0.6 is 15.9 Å². The Morgan fingerprint density at radius 2 is 1.80 bits per heavy atom. The molecule has 1 atom stereocenters. The summed E-state index contributed by atoms with van der Waals surface area (Å²) in [5, 5.41) is 2.89. The first-order chi connectivity index (χ1) is 12.1. The first-order valence-electron chi connectivity index (χ1n) is 7.66. The summed E-state index contributed by atoms with van der Waals surface area (Å²) in [6.07, 6.45) is -0.706. The number of ketones is 1. The zero-order chi connectivity index (χ0) is 17.8. The molecule has 2 aromatic carbocycles. The van der Waals surface area contributed by atoms with E-state index in [1.165, 1.54) is 12.1 Å². The lowest BCUT2D eigenvalue weighted by Crippen LogP contribution is -2.20. The van der Waals surface area contributed by atoms with Crippen LogP contribution in [0.4, 0.5) is 10.1 Å². The van der Waals surface area contributed by atoms with Crippen LogP contribution in [0.25, 0.3) is 0 Å². The van der Waals surface area contributed by atoms with Crippen molar-refractivity contribution in [3.05, 3.63) is 77.1 Å². The van der Waals surface area contributed by atoms with Crippen molar-refractivity contribution >= 4 is 33.3 Å². The van der Waals surface area contributed by atoms with Crippen molar-refractivity contribution in [1.29, 1.82) is 0 Å². The maximum Gasteiger partial charge on any atom is 0.255 e. The second-order valence-electron chi connectivity index (χ2n) is 5.51. The number of carbonyl (C=O) groups excluding carboxylic acids is 2. The van der Waals surface area contributed by atoms with Gasteiger partial charge in [-0.05, 0) is 29.8 Å². The minimum Gasteiger partial charge on any atom is -0.364 e. The Bertz CT molecular complexity index is 818. The number of carbonyl (C=O) groups is 2. The Morgan fingerprint density at radius 3 is 2.44 bits per heavy atom. The van der Waals surface area contributed by atoms with Crippen molar-refractivity contribution in [2.45, 2.75) is 6.10 Å². The molecule has 3 rings (SSSR count). The molecule has 1 unspecified atom stereocenters. The zero-order valence-electron chi connectivity index (χ0n) is 13.2. The summed E-state index contributed by atoms with van der Waals surface area (Å²) in [5.41, 5.74) is 1.84. The van der Waals surface area contributed by atoms with Gasteiger partial charge in [0.2, 0.25) is 0 Å². The van der Waals surface area contributed by atoms with Gasteiger partial charge < -0.3 is 10.1 Å². The molecular formula is C19H15BrFNO3. The van der Waals surface area contributed by atoms with Gasteiger partial charge in [-0.2, -0.15) is 0 Å².